The number of rotatable bonds is 9. The lowest BCUT2D eigenvalue weighted by atomic mass is 10.2. The molecule has 3 aromatic rings. The number of carbonyl (C=O) groups excluding carboxylic acids is 1. The van der Waals surface area contributed by atoms with Crippen LogP contribution in [0, 0.1) is 0 Å². The Morgan fingerprint density at radius 1 is 1.13 bits per heavy atom. The van der Waals surface area contributed by atoms with E-state index in [1.165, 1.54) is 11.8 Å². The molecule has 0 saturated carbocycles. The highest BCUT2D eigenvalue weighted by Crippen LogP contribution is 2.27. The highest BCUT2D eigenvalue weighted by Gasteiger charge is 2.16. The van der Waals surface area contributed by atoms with Crippen LogP contribution < -0.4 is 14.8 Å². The van der Waals surface area contributed by atoms with Crippen LogP contribution in [-0.4, -0.2) is 45.6 Å². The predicted octanol–water partition coefficient (Wildman–Crippen LogP) is 3.66. The molecule has 1 N–H and O–H groups in total. The van der Waals surface area contributed by atoms with Gasteiger partial charge in [0.2, 0.25) is 5.91 Å². The first kappa shape index (κ1) is 21.4. The summed E-state index contributed by atoms with van der Waals surface area (Å²) in [5, 5.41) is 12.1. The van der Waals surface area contributed by atoms with Gasteiger partial charge < -0.3 is 14.8 Å². The molecule has 2 heterocycles. The Balaban J connectivity index is 1.73. The summed E-state index contributed by atoms with van der Waals surface area (Å²) < 4.78 is 12.4. The first-order valence-electron chi connectivity index (χ1n) is 9.14. The molecule has 0 spiro atoms. The fourth-order valence-corrected chi connectivity index (χ4v) is 3.47. The normalized spacial score (nSPS) is 10.5. The number of ether oxygens (including phenoxy) is 2. The summed E-state index contributed by atoms with van der Waals surface area (Å²) in [6, 6.07) is 8.95. The van der Waals surface area contributed by atoms with E-state index < -0.39 is 0 Å². The van der Waals surface area contributed by atoms with Crippen molar-refractivity contribution in [1.29, 1.82) is 0 Å². The van der Waals surface area contributed by atoms with E-state index in [4.69, 9.17) is 9.47 Å². The number of methoxy groups -OCH3 is 2. The van der Waals surface area contributed by atoms with Crippen molar-refractivity contribution in [2.75, 3.05) is 25.3 Å². The zero-order valence-corrected chi connectivity index (χ0v) is 17.9. The van der Waals surface area contributed by atoms with Crippen molar-refractivity contribution in [1.82, 2.24) is 19.7 Å². The van der Waals surface area contributed by atoms with Crippen LogP contribution in [0.25, 0.3) is 11.4 Å². The quantitative estimate of drug-likeness (QED) is 0.413. The van der Waals surface area contributed by atoms with E-state index in [2.05, 4.69) is 27.1 Å². The molecule has 0 aliphatic carbocycles. The molecule has 0 aliphatic heterocycles. The number of benzene rings is 1. The maximum Gasteiger partial charge on any atom is 0.234 e. The highest BCUT2D eigenvalue weighted by molar-refractivity contribution is 7.99. The number of nitrogens with zero attached hydrogens (tertiary/aromatic N) is 4. The third-order valence-electron chi connectivity index (χ3n) is 4.05. The Morgan fingerprint density at radius 3 is 2.40 bits per heavy atom. The summed E-state index contributed by atoms with van der Waals surface area (Å²) in [6.07, 6.45) is 3.41. The number of anilines is 1. The molecule has 8 nitrogen and oxygen atoms in total. The Labute approximate surface area is 179 Å². The molecule has 0 unspecified atom stereocenters. The van der Waals surface area contributed by atoms with Gasteiger partial charge in [-0.3, -0.25) is 14.3 Å². The SMILES string of the molecule is C=C(C)Cn1c(SCC(=O)Nc2cc(OC)cc(OC)c2)nnc1-c1ccncc1. The van der Waals surface area contributed by atoms with Crippen LogP contribution in [0.15, 0.2) is 60.0 Å². The molecule has 0 bridgehead atoms. The van der Waals surface area contributed by atoms with Crippen molar-refractivity contribution in [3.8, 4) is 22.9 Å². The Bertz CT molecular complexity index is 1010. The molecule has 0 fully saturated rings. The van der Waals surface area contributed by atoms with Gasteiger partial charge >= 0.3 is 0 Å². The molecule has 0 aliphatic rings. The van der Waals surface area contributed by atoms with E-state index in [1.54, 1.807) is 44.8 Å². The molecule has 1 amide bonds. The van der Waals surface area contributed by atoms with Crippen LogP contribution >= 0.6 is 11.8 Å². The molecular weight excluding hydrogens is 402 g/mol. The third-order valence-corrected chi connectivity index (χ3v) is 5.02. The summed E-state index contributed by atoms with van der Waals surface area (Å²) in [5.41, 5.74) is 2.45. The number of hydrogen-bond acceptors (Lipinski definition) is 7. The standard InChI is InChI=1S/C21H23N5O3S/c1-14(2)12-26-20(15-5-7-22-8-6-15)24-25-21(26)30-13-19(27)23-16-9-17(28-3)11-18(10-16)29-4/h5-11H,1,12-13H2,2-4H3,(H,23,27). The number of allylic oxidation sites excluding steroid dienone is 1. The number of pyridine rings is 1. The van der Waals surface area contributed by atoms with Gasteiger partial charge in [-0.25, -0.2) is 0 Å². The van der Waals surface area contributed by atoms with Crippen LogP contribution in [0.5, 0.6) is 11.5 Å². The Morgan fingerprint density at radius 2 is 1.80 bits per heavy atom. The highest BCUT2D eigenvalue weighted by atomic mass is 32.2. The van der Waals surface area contributed by atoms with Gasteiger partial charge in [0.15, 0.2) is 11.0 Å². The van der Waals surface area contributed by atoms with E-state index in [0.29, 0.717) is 34.7 Å². The molecule has 2 aromatic heterocycles. The lowest BCUT2D eigenvalue weighted by Gasteiger charge is -2.11. The van der Waals surface area contributed by atoms with Gasteiger partial charge in [0.1, 0.15) is 11.5 Å². The Hall–Kier alpha value is -3.33. The van der Waals surface area contributed by atoms with Gasteiger partial charge in [0.25, 0.3) is 0 Å². The van der Waals surface area contributed by atoms with Crippen molar-refractivity contribution in [3.05, 3.63) is 54.9 Å². The molecule has 156 valence electrons. The van der Waals surface area contributed by atoms with Crippen molar-refractivity contribution in [2.24, 2.45) is 0 Å². The average molecular weight is 426 g/mol. The molecule has 0 radical (unpaired) electrons. The van der Waals surface area contributed by atoms with Gasteiger partial charge in [-0.05, 0) is 19.1 Å². The van der Waals surface area contributed by atoms with Crippen molar-refractivity contribution in [2.45, 2.75) is 18.6 Å². The number of hydrogen-bond donors (Lipinski definition) is 1. The summed E-state index contributed by atoms with van der Waals surface area (Å²) in [7, 11) is 3.12. The predicted molar refractivity (Wildman–Crippen MR) is 117 cm³/mol. The summed E-state index contributed by atoms with van der Waals surface area (Å²) in [6.45, 7) is 6.48. The second-order valence-corrected chi connectivity index (χ2v) is 7.47. The first-order valence-corrected chi connectivity index (χ1v) is 10.1. The molecular formula is C21H23N5O3S. The lowest BCUT2D eigenvalue weighted by Crippen LogP contribution is -2.15. The smallest absolute Gasteiger partial charge is 0.234 e. The second kappa shape index (κ2) is 9.93. The summed E-state index contributed by atoms with van der Waals surface area (Å²) in [5.74, 6) is 1.90. The minimum Gasteiger partial charge on any atom is -0.497 e. The largest absolute Gasteiger partial charge is 0.497 e. The van der Waals surface area contributed by atoms with Gasteiger partial charge in [-0.2, -0.15) is 0 Å². The maximum absolute atomic E-state index is 12.5. The van der Waals surface area contributed by atoms with Crippen molar-refractivity contribution in [3.63, 3.8) is 0 Å². The number of amides is 1. The molecule has 1 aromatic carbocycles. The minimum atomic E-state index is -0.175. The molecule has 3 rings (SSSR count). The molecule has 0 saturated heterocycles. The number of carbonyl (C=O) groups is 1. The third kappa shape index (κ3) is 5.38. The van der Waals surface area contributed by atoms with E-state index in [9.17, 15) is 4.79 Å². The minimum absolute atomic E-state index is 0.171. The van der Waals surface area contributed by atoms with Crippen LogP contribution in [0.3, 0.4) is 0 Å². The fraction of sp³-hybridized carbons (Fsp3) is 0.238. The maximum atomic E-state index is 12.5. The topological polar surface area (TPSA) is 91.2 Å². The van der Waals surface area contributed by atoms with Crippen LogP contribution in [0.2, 0.25) is 0 Å². The Kier molecular flexibility index (Phi) is 7.08. The van der Waals surface area contributed by atoms with Crippen LogP contribution in [-0.2, 0) is 11.3 Å². The van der Waals surface area contributed by atoms with Crippen molar-refractivity contribution >= 4 is 23.4 Å². The van der Waals surface area contributed by atoms with E-state index in [0.717, 1.165) is 11.1 Å². The number of thioether (sulfide) groups is 1. The molecule has 0 atom stereocenters. The summed E-state index contributed by atoms with van der Waals surface area (Å²) >= 11 is 1.31. The van der Waals surface area contributed by atoms with Crippen molar-refractivity contribution < 1.29 is 14.3 Å². The first-order chi connectivity index (χ1) is 14.5. The lowest BCUT2D eigenvalue weighted by molar-refractivity contribution is -0.113. The van der Waals surface area contributed by atoms with Gasteiger partial charge in [0.05, 0.1) is 20.0 Å². The zero-order valence-electron chi connectivity index (χ0n) is 17.1. The van der Waals surface area contributed by atoms with E-state index >= 15 is 0 Å². The van der Waals surface area contributed by atoms with E-state index in [1.807, 2.05) is 23.6 Å². The van der Waals surface area contributed by atoms with E-state index in [-0.39, 0.29) is 11.7 Å². The second-order valence-electron chi connectivity index (χ2n) is 6.52. The molecule has 9 heteroatoms. The zero-order chi connectivity index (χ0) is 21.5. The van der Waals surface area contributed by atoms with Gasteiger partial charge in [0, 0.05) is 48.4 Å². The summed E-state index contributed by atoms with van der Waals surface area (Å²) in [4.78, 5) is 16.5. The molecule has 30 heavy (non-hydrogen) atoms. The average Bonchev–Trinajstić information content (AvgIpc) is 3.14. The van der Waals surface area contributed by atoms with Gasteiger partial charge in [-0.1, -0.05) is 23.9 Å². The van der Waals surface area contributed by atoms with Crippen LogP contribution in [0.1, 0.15) is 6.92 Å². The van der Waals surface area contributed by atoms with Crippen LogP contribution in [0.4, 0.5) is 5.69 Å². The number of aromatic nitrogens is 4. The fourth-order valence-electron chi connectivity index (χ4n) is 2.73. The number of nitrogens with one attached hydrogen (secondary N) is 1. The van der Waals surface area contributed by atoms with Gasteiger partial charge in [-0.15, -0.1) is 10.2 Å². The monoisotopic (exact) mass is 425 g/mol.